The fourth-order valence-corrected chi connectivity index (χ4v) is 2.69. The first-order chi connectivity index (χ1) is 11.7. The van der Waals surface area contributed by atoms with Gasteiger partial charge in [0.15, 0.2) is 0 Å². The van der Waals surface area contributed by atoms with Gasteiger partial charge in [0, 0.05) is 29.8 Å². The van der Waals surface area contributed by atoms with Gasteiger partial charge in [-0.3, -0.25) is 9.78 Å². The Morgan fingerprint density at radius 1 is 1.29 bits per heavy atom. The number of aromatic nitrogens is 2. The van der Waals surface area contributed by atoms with Crippen molar-refractivity contribution >= 4 is 16.8 Å². The van der Waals surface area contributed by atoms with Crippen molar-refractivity contribution in [1.29, 1.82) is 0 Å². The summed E-state index contributed by atoms with van der Waals surface area (Å²) in [7, 11) is 0. The molecular formula is C18H21N5O. The zero-order valence-electron chi connectivity index (χ0n) is 13.3. The lowest BCUT2D eigenvalue weighted by Crippen LogP contribution is -2.41. The number of hydrogen-bond acceptors (Lipinski definition) is 4. The van der Waals surface area contributed by atoms with E-state index < -0.39 is 6.04 Å². The molecule has 1 atom stereocenters. The maximum absolute atomic E-state index is 12.2. The molecule has 24 heavy (non-hydrogen) atoms. The van der Waals surface area contributed by atoms with Crippen LogP contribution in [0.15, 0.2) is 48.8 Å². The van der Waals surface area contributed by atoms with Crippen molar-refractivity contribution in [3.8, 4) is 0 Å². The van der Waals surface area contributed by atoms with Crippen LogP contribution < -0.4 is 16.8 Å². The van der Waals surface area contributed by atoms with Gasteiger partial charge >= 0.3 is 0 Å². The molecule has 0 saturated carbocycles. The molecular weight excluding hydrogens is 302 g/mol. The zero-order chi connectivity index (χ0) is 16.9. The average Bonchev–Trinajstić information content (AvgIpc) is 3.03. The van der Waals surface area contributed by atoms with Gasteiger partial charge < -0.3 is 21.8 Å². The molecule has 0 fully saturated rings. The maximum atomic E-state index is 12.2. The topological polar surface area (TPSA) is 110 Å². The van der Waals surface area contributed by atoms with E-state index in [1.54, 1.807) is 6.20 Å². The van der Waals surface area contributed by atoms with E-state index in [0.29, 0.717) is 19.5 Å². The van der Waals surface area contributed by atoms with Gasteiger partial charge in [-0.1, -0.05) is 18.2 Å². The SMILES string of the molecule is NCc1ccnc(CNC(=O)C(N)Cc2c[nH]c3ccccc23)c1. The van der Waals surface area contributed by atoms with Gasteiger partial charge in [-0.05, 0) is 35.7 Å². The molecule has 0 radical (unpaired) electrons. The van der Waals surface area contributed by atoms with Gasteiger partial charge in [0.05, 0.1) is 18.3 Å². The molecule has 2 aromatic heterocycles. The van der Waals surface area contributed by atoms with Gasteiger partial charge in [0.25, 0.3) is 0 Å². The van der Waals surface area contributed by atoms with E-state index >= 15 is 0 Å². The highest BCUT2D eigenvalue weighted by Crippen LogP contribution is 2.18. The Morgan fingerprint density at radius 3 is 2.96 bits per heavy atom. The average molecular weight is 323 g/mol. The standard InChI is InChI=1S/C18H21N5O/c19-9-12-5-6-21-14(7-12)11-23-18(24)16(20)8-13-10-22-17-4-2-1-3-15(13)17/h1-7,10,16,22H,8-9,11,19-20H2,(H,23,24). The van der Waals surface area contributed by atoms with Crippen LogP contribution in [0.5, 0.6) is 0 Å². The van der Waals surface area contributed by atoms with Gasteiger partial charge in [0.2, 0.25) is 5.91 Å². The molecule has 0 saturated heterocycles. The number of rotatable bonds is 6. The van der Waals surface area contributed by atoms with Crippen molar-refractivity contribution in [2.75, 3.05) is 0 Å². The van der Waals surface area contributed by atoms with Crippen LogP contribution >= 0.6 is 0 Å². The summed E-state index contributed by atoms with van der Waals surface area (Å²) in [5, 5.41) is 3.93. The Kier molecular flexibility index (Phi) is 4.88. The Bertz CT molecular complexity index is 842. The summed E-state index contributed by atoms with van der Waals surface area (Å²) in [6.07, 6.45) is 4.08. The van der Waals surface area contributed by atoms with E-state index in [1.807, 2.05) is 42.6 Å². The first-order valence-electron chi connectivity index (χ1n) is 7.89. The largest absolute Gasteiger partial charge is 0.361 e. The first kappa shape index (κ1) is 16.2. The van der Waals surface area contributed by atoms with Crippen LogP contribution in [0, 0.1) is 0 Å². The van der Waals surface area contributed by atoms with Crippen LogP contribution in [0.1, 0.15) is 16.8 Å². The predicted octanol–water partition coefficient (Wildman–Crippen LogP) is 1.21. The second-order valence-corrected chi connectivity index (χ2v) is 5.75. The number of carbonyl (C=O) groups excluding carboxylic acids is 1. The molecule has 6 heteroatoms. The molecule has 0 bridgehead atoms. The molecule has 6 nitrogen and oxygen atoms in total. The minimum Gasteiger partial charge on any atom is -0.361 e. The summed E-state index contributed by atoms with van der Waals surface area (Å²) in [4.78, 5) is 19.6. The Labute approximate surface area is 140 Å². The molecule has 1 aromatic carbocycles. The van der Waals surface area contributed by atoms with E-state index in [0.717, 1.165) is 27.7 Å². The lowest BCUT2D eigenvalue weighted by molar-refractivity contribution is -0.122. The normalized spacial score (nSPS) is 12.2. The molecule has 1 amide bonds. The van der Waals surface area contributed by atoms with Crippen molar-refractivity contribution in [2.45, 2.75) is 25.6 Å². The van der Waals surface area contributed by atoms with Crippen molar-refractivity contribution in [1.82, 2.24) is 15.3 Å². The number of H-pyrrole nitrogens is 1. The van der Waals surface area contributed by atoms with E-state index in [4.69, 9.17) is 11.5 Å². The lowest BCUT2D eigenvalue weighted by atomic mass is 10.1. The number of benzene rings is 1. The molecule has 2 heterocycles. The smallest absolute Gasteiger partial charge is 0.237 e. The van der Waals surface area contributed by atoms with E-state index in [2.05, 4.69) is 15.3 Å². The first-order valence-corrected chi connectivity index (χ1v) is 7.89. The number of nitrogens with one attached hydrogen (secondary N) is 2. The van der Waals surface area contributed by atoms with Gasteiger partial charge in [-0.25, -0.2) is 0 Å². The number of para-hydroxylation sites is 1. The third-order valence-corrected chi connectivity index (χ3v) is 4.01. The quantitative estimate of drug-likeness (QED) is 0.546. The lowest BCUT2D eigenvalue weighted by Gasteiger charge is -2.12. The van der Waals surface area contributed by atoms with Crippen LogP contribution in [0.3, 0.4) is 0 Å². The summed E-state index contributed by atoms with van der Waals surface area (Å²) in [6, 6.07) is 11.1. The Morgan fingerprint density at radius 2 is 2.12 bits per heavy atom. The van der Waals surface area contributed by atoms with Crippen LogP contribution in [0.25, 0.3) is 10.9 Å². The van der Waals surface area contributed by atoms with Gasteiger partial charge in [-0.15, -0.1) is 0 Å². The molecule has 0 aliphatic rings. The number of aromatic amines is 1. The van der Waals surface area contributed by atoms with Crippen LogP contribution in [0.4, 0.5) is 0 Å². The number of amides is 1. The molecule has 3 aromatic rings. The minimum absolute atomic E-state index is 0.194. The zero-order valence-corrected chi connectivity index (χ0v) is 13.3. The minimum atomic E-state index is -0.609. The molecule has 6 N–H and O–H groups in total. The van der Waals surface area contributed by atoms with E-state index in [9.17, 15) is 4.79 Å². The number of carbonyl (C=O) groups is 1. The monoisotopic (exact) mass is 323 g/mol. The van der Waals surface area contributed by atoms with E-state index in [-0.39, 0.29) is 5.91 Å². The van der Waals surface area contributed by atoms with Crippen LogP contribution in [-0.4, -0.2) is 21.9 Å². The Hall–Kier alpha value is -2.70. The molecule has 0 aliphatic heterocycles. The third kappa shape index (κ3) is 3.61. The highest BCUT2D eigenvalue weighted by atomic mass is 16.2. The number of nitrogens with zero attached hydrogens (tertiary/aromatic N) is 1. The Balaban J connectivity index is 1.60. The summed E-state index contributed by atoms with van der Waals surface area (Å²) in [5.41, 5.74) is 15.5. The number of nitrogens with two attached hydrogens (primary N) is 2. The van der Waals surface area contributed by atoms with Crippen LogP contribution in [0.2, 0.25) is 0 Å². The second-order valence-electron chi connectivity index (χ2n) is 5.75. The van der Waals surface area contributed by atoms with Gasteiger partial charge in [-0.2, -0.15) is 0 Å². The summed E-state index contributed by atoms with van der Waals surface area (Å²) in [5.74, 6) is -0.194. The maximum Gasteiger partial charge on any atom is 0.237 e. The predicted molar refractivity (Wildman–Crippen MR) is 94.0 cm³/mol. The van der Waals surface area contributed by atoms with Crippen LogP contribution in [-0.2, 0) is 24.3 Å². The van der Waals surface area contributed by atoms with Crippen molar-refractivity contribution < 1.29 is 4.79 Å². The molecule has 0 aliphatic carbocycles. The molecule has 3 rings (SSSR count). The molecule has 0 spiro atoms. The highest BCUT2D eigenvalue weighted by molar-refractivity contribution is 5.86. The number of pyridine rings is 1. The molecule has 124 valence electrons. The van der Waals surface area contributed by atoms with Gasteiger partial charge in [0.1, 0.15) is 0 Å². The number of hydrogen-bond donors (Lipinski definition) is 4. The van der Waals surface area contributed by atoms with Crippen molar-refractivity contribution in [2.24, 2.45) is 11.5 Å². The summed E-state index contributed by atoms with van der Waals surface area (Å²) < 4.78 is 0. The van der Waals surface area contributed by atoms with Crippen molar-refractivity contribution in [3.05, 3.63) is 65.6 Å². The van der Waals surface area contributed by atoms with E-state index in [1.165, 1.54) is 0 Å². The molecule has 1 unspecified atom stereocenters. The third-order valence-electron chi connectivity index (χ3n) is 4.01. The number of fused-ring (bicyclic) bond motifs is 1. The highest BCUT2D eigenvalue weighted by Gasteiger charge is 2.16. The fraction of sp³-hybridized carbons (Fsp3) is 0.222. The summed E-state index contributed by atoms with van der Waals surface area (Å²) in [6.45, 7) is 0.789. The summed E-state index contributed by atoms with van der Waals surface area (Å²) >= 11 is 0. The fourth-order valence-electron chi connectivity index (χ4n) is 2.69. The second kappa shape index (κ2) is 7.25. The van der Waals surface area contributed by atoms with Crippen molar-refractivity contribution in [3.63, 3.8) is 0 Å².